The average molecular weight is 348 g/mol. The first kappa shape index (κ1) is 16.4. The van der Waals surface area contributed by atoms with E-state index < -0.39 is 27.4 Å². The summed E-state index contributed by atoms with van der Waals surface area (Å²) in [6.07, 6.45) is 1.43. The van der Waals surface area contributed by atoms with Gasteiger partial charge in [0.2, 0.25) is 10.0 Å². The molecule has 1 aromatic carbocycles. The van der Waals surface area contributed by atoms with Gasteiger partial charge in [0.15, 0.2) is 0 Å². The molecule has 1 N–H and O–H groups in total. The third kappa shape index (κ3) is 3.79. The number of aliphatic carboxylic acids is 1. The minimum Gasteiger partial charge on any atom is -0.480 e. The van der Waals surface area contributed by atoms with E-state index in [0.29, 0.717) is 10.6 Å². The molecule has 0 bridgehead atoms. The van der Waals surface area contributed by atoms with Crippen LogP contribution >= 0.6 is 23.4 Å². The Bertz CT molecular complexity index is 657. The molecule has 1 aliphatic heterocycles. The van der Waals surface area contributed by atoms with Gasteiger partial charge in [0.1, 0.15) is 6.04 Å². The summed E-state index contributed by atoms with van der Waals surface area (Å²) in [6, 6.07) is 5.66. The SMILES string of the molecule is CC1SCC(C(=O)O)N1S(=O)(=O)C=Cc1ccc(Cl)cc1. The van der Waals surface area contributed by atoms with Crippen LogP contribution in [0.25, 0.3) is 6.08 Å². The fourth-order valence-electron chi connectivity index (χ4n) is 2.00. The fraction of sp³-hybridized carbons (Fsp3) is 0.308. The molecule has 2 rings (SSSR count). The van der Waals surface area contributed by atoms with Gasteiger partial charge in [-0.1, -0.05) is 23.7 Å². The molecule has 21 heavy (non-hydrogen) atoms. The molecule has 8 heteroatoms. The van der Waals surface area contributed by atoms with Crippen LogP contribution in [0.5, 0.6) is 0 Å². The van der Waals surface area contributed by atoms with Crippen LogP contribution in [0.1, 0.15) is 12.5 Å². The van der Waals surface area contributed by atoms with E-state index in [-0.39, 0.29) is 5.75 Å². The zero-order chi connectivity index (χ0) is 15.6. The molecule has 0 aromatic heterocycles. The first-order valence-electron chi connectivity index (χ1n) is 6.13. The number of benzene rings is 1. The number of nitrogens with zero attached hydrogens (tertiary/aromatic N) is 1. The van der Waals surface area contributed by atoms with Crippen LogP contribution in [-0.2, 0) is 14.8 Å². The van der Waals surface area contributed by atoms with E-state index in [1.165, 1.54) is 17.8 Å². The zero-order valence-electron chi connectivity index (χ0n) is 11.1. The number of carboxylic acid groups (broad SMARTS) is 1. The van der Waals surface area contributed by atoms with Gasteiger partial charge in [-0.25, -0.2) is 8.42 Å². The second kappa shape index (κ2) is 6.39. The summed E-state index contributed by atoms with van der Waals surface area (Å²) in [5.41, 5.74) is 0.675. The Labute approximate surface area is 132 Å². The van der Waals surface area contributed by atoms with Gasteiger partial charge in [0.05, 0.1) is 5.37 Å². The summed E-state index contributed by atoms with van der Waals surface area (Å²) in [6.45, 7) is 1.68. The maximum Gasteiger partial charge on any atom is 0.322 e. The number of hydrogen-bond acceptors (Lipinski definition) is 4. The Morgan fingerprint density at radius 2 is 2.05 bits per heavy atom. The number of thioether (sulfide) groups is 1. The van der Waals surface area contributed by atoms with Crippen molar-refractivity contribution in [3.8, 4) is 0 Å². The van der Waals surface area contributed by atoms with Crippen molar-refractivity contribution in [3.05, 3.63) is 40.3 Å². The van der Waals surface area contributed by atoms with Crippen LogP contribution in [0.15, 0.2) is 29.7 Å². The van der Waals surface area contributed by atoms with E-state index in [9.17, 15) is 13.2 Å². The fourth-order valence-corrected chi connectivity index (χ4v) is 5.23. The standard InChI is InChI=1S/C13H14ClNO4S2/c1-9-15(12(8-20-9)13(16)17)21(18,19)7-6-10-2-4-11(14)5-3-10/h2-7,9,12H,8H2,1H3,(H,16,17). The van der Waals surface area contributed by atoms with Crippen molar-refractivity contribution >= 4 is 45.4 Å². The largest absolute Gasteiger partial charge is 0.480 e. The van der Waals surface area contributed by atoms with E-state index in [4.69, 9.17) is 16.7 Å². The maximum absolute atomic E-state index is 12.3. The number of carboxylic acids is 1. The van der Waals surface area contributed by atoms with Crippen LogP contribution in [0.2, 0.25) is 5.02 Å². The monoisotopic (exact) mass is 347 g/mol. The van der Waals surface area contributed by atoms with Gasteiger partial charge >= 0.3 is 5.97 Å². The van der Waals surface area contributed by atoms with Crippen LogP contribution in [-0.4, -0.2) is 41.0 Å². The van der Waals surface area contributed by atoms with Crippen LogP contribution < -0.4 is 0 Å². The molecule has 1 aliphatic rings. The Kier molecular flexibility index (Phi) is 4.98. The third-order valence-corrected chi connectivity index (χ3v) is 6.28. The molecule has 0 aliphatic carbocycles. The lowest BCUT2D eigenvalue weighted by Crippen LogP contribution is -2.43. The number of rotatable bonds is 4. The molecule has 1 heterocycles. The molecule has 1 fully saturated rings. The van der Waals surface area contributed by atoms with Gasteiger partial charge in [0, 0.05) is 16.2 Å². The molecule has 0 spiro atoms. The van der Waals surface area contributed by atoms with Crippen molar-refractivity contribution in [1.82, 2.24) is 4.31 Å². The Morgan fingerprint density at radius 3 is 2.62 bits per heavy atom. The highest BCUT2D eigenvalue weighted by Gasteiger charge is 2.42. The summed E-state index contributed by atoms with van der Waals surface area (Å²) >= 11 is 7.07. The van der Waals surface area contributed by atoms with Crippen LogP contribution in [0.3, 0.4) is 0 Å². The van der Waals surface area contributed by atoms with E-state index in [0.717, 1.165) is 9.71 Å². The minimum absolute atomic E-state index is 0.254. The molecule has 0 saturated carbocycles. The first-order valence-corrected chi connectivity index (χ1v) is 9.06. The Morgan fingerprint density at radius 1 is 1.43 bits per heavy atom. The average Bonchev–Trinajstić information content (AvgIpc) is 2.81. The van der Waals surface area contributed by atoms with Crippen LogP contribution in [0, 0.1) is 0 Å². The van der Waals surface area contributed by atoms with Gasteiger partial charge < -0.3 is 5.11 Å². The molecular weight excluding hydrogens is 334 g/mol. The van der Waals surface area contributed by atoms with Crippen molar-refractivity contribution < 1.29 is 18.3 Å². The number of sulfonamides is 1. The summed E-state index contributed by atoms with van der Waals surface area (Å²) in [5.74, 6) is -0.875. The molecule has 2 unspecified atom stereocenters. The molecule has 1 aromatic rings. The van der Waals surface area contributed by atoms with Crippen molar-refractivity contribution in [1.29, 1.82) is 0 Å². The zero-order valence-corrected chi connectivity index (χ0v) is 13.5. The highest BCUT2D eigenvalue weighted by Crippen LogP contribution is 2.32. The van der Waals surface area contributed by atoms with Gasteiger partial charge in [0.25, 0.3) is 0 Å². The van der Waals surface area contributed by atoms with Crippen molar-refractivity contribution in [2.45, 2.75) is 18.3 Å². The smallest absolute Gasteiger partial charge is 0.322 e. The summed E-state index contributed by atoms with van der Waals surface area (Å²) < 4.78 is 25.7. The van der Waals surface area contributed by atoms with Crippen molar-refractivity contribution in [2.24, 2.45) is 0 Å². The number of carbonyl (C=O) groups is 1. The quantitative estimate of drug-likeness (QED) is 0.905. The Hall–Kier alpha value is -1.02. The normalized spacial score (nSPS) is 23.7. The van der Waals surface area contributed by atoms with Gasteiger partial charge in [-0.05, 0) is 30.7 Å². The molecule has 2 atom stereocenters. The second-order valence-corrected chi connectivity index (χ2v) is 8.02. The molecule has 5 nitrogen and oxygen atoms in total. The molecular formula is C13H14ClNO4S2. The lowest BCUT2D eigenvalue weighted by molar-refractivity contribution is -0.140. The molecule has 1 saturated heterocycles. The van der Waals surface area contributed by atoms with E-state index >= 15 is 0 Å². The molecule has 0 radical (unpaired) electrons. The second-order valence-electron chi connectivity index (χ2n) is 4.52. The van der Waals surface area contributed by atoms with Gasteiger partial charge in [-0.2, -0.15) is 4.31 Å². The van der Waals surface area contributed by atoms with E-state index in [1.54, 1.807) is 31.2 Å². The molecule has 0 amide bonds. The topological polar surface area (TPSA) is 74.7 Å². The predicted molar refractivity (Wildman–Crippen MR) is 84.6 cm³/mol. The maximum atomic E-state index is 12.3. The number of halogens is 1. The van der Waals surface area contributed by atoms with Crippen molar-refractivity contribution in [2.75, 3.05) is 5.75 Å². The lowest BCUT2D eigenvalue weighted by atomic mass is 10.2. The summed E-state index contributed by atoms with van der Waals surface area (Å²) in [5, 5.41) is 10.3. The van der Waals surface area contributed by atoms with E-state index in [1.807, 2.05) is 0 Å². The minimum atomic E-state index is -3.79. The first-order chi connectivity index (χ1) is 9.81. The summed E-state index contributed by atoms with van der Waals surface area (Å²) in [7, 11) is -3.79. The molecule has 114 valence electrons. The van der Waals surface area contributed by atoms with Crippen molar-refractivity contribution in [3.63, 3.8) is 0 Å². The number of hydrogen-bond donors (Lipinski definition) is 1. The van der Waals surface area contributed by atoms with Crippen LogP contribution in [0.4, 0.5) is 0 Å². The highest BCUT2D eigenvalue weighted by atomic mass is 35.5. The predicted octanol–water partition coefficient (Wildman–Crippen LogP) is 2.49. The van der Waals surface area contributed by atoms with Gasteiger partial charge in [-0.3, -0.25) is 4.79 Å². The third-order valence-electron chi connectivity index (χ3n) is 3.04. The summed E-state index contributed by atoms with van der Waals surface area (Å²) in [4.78, 5) is 11.2. The Balaban J connectivity index is 2.24. The van der Waals surface area contributed by atoms with E-state index in [2.05, 4.69) is 0 Å². The lowest BCUT2D eigenvalue weighted by Gasteiger charge is -2.22. The van der Waals surface area contributed by atoms with Gasteiger partial charge in [-0.15, -0.1) is 11.8 Å². The highest BCUT2D eigenvalue weighted by molar-refractivity contribution is 8.01.